The molecule has 5 nitrogen and oxygen atoms in total. The molecular formula is C34H41NO4Si. The number of amides is 1. The Morgan fingerprint density at radius 2 is 1.43 bits per heavy atom. The molecule has 1 heterocycles. The number of nitrogens with zero attached hydrogens (tertiary/aromatic N) is 1. The molecule has 1 aliphatic heterocycles. The summed E-state index contributed by atoms with van der Waals surface area (Å²) in [6.45, 7) is 8.68. The Morgan fingerprint density at radius 1 is 0.900 bits per heavy atom. The highest BCUT2D eigenvalue weighted by Gasteiger charge is 2.54. The summed E-state index contributed by atoms with van der Waals surface area (Å²) in [6, 6.07) is 29.1. The van der Waals surface area contributed by atoms with Crippen LogP contribution in [0.15, 0.2) is 91.0 Å². The minimum absolute atomic E-state index is 0.0245. The molecule has 6 heteroatoms. The Balaban J connectivity index is 1.78. The van der Waals surface area contributed by atoms with Crippen LogP contribution in [-0.2, 0) is 14.0 Å². The van der Waals surface area contributed by atoms with E-state index in [1.165, 1.54) is 0 Å². The lowest BCUT2D eigenvalue weighted by Crippen LogP contribution is -2.70. The van der Waals surface area contributed by atoms with Gasteiger partial charge in [-0.05, 0) is 47.3 Å². The molecule has 0 aliphatic carbocycles. The summed E-state index contributed by atoms with van der Waals surface area (Å²) in [4.78, 5) is 40.5. The number of carbonyl (C=O) groups excluding carboxylic acids is 3. The molecule has 0 radical (unpaired) electrons. The number of carbonyl (C=O) groups is 3. The molecule has 3 aromatic carbocycles. The number of rotatable bonds is 10. The maximum atomic E-state index is 14.0. The number of ketones is 1. The number of hydrogen-bond donors (Lipinski definition) is 0. The Labute approximate surface area is 239 Å². The number of unbranched alkanes of at least 4 members (excludes halogenated alkanes) is 2. The van der Waals surface area contributed by atoms with Crippen molar-refractivity contribution >= 4 is 36.7 Å². The molecule has 3 aromatic rings. The molecule has 1 amide bonds. The van der Waals surface area contributed by atoms with Crippen LogP contribution >= 0.6 is 0 Å². The van der Waals surface area contributed by atoms with Crippen LogP contribution in [0.2, 0.25) is 5.04 Å². The van der Waals surface area contributed by atoms with Gasteiger partial charge in [-0.15, -0.1) is 0 Å². The lowest BCUT2D eigenvalue weighted by Gasteiger charge is -2.50. The molecule has 1 saturated heterocycles. The van der Waals surface area contributed by atoms with Crippen molar-refractivity contribution in [3.8, 4) is 0 Å². The molecule has 3 atom stereocenters. The van der Waals surface area contributed by atoms with Crippen molar-refractivity contribution in [2.24, 2.45) is 0 Å². The number of piperidine rings is 1. The van der Waals surface area contributed by atoms with Crippen molar-refractivity contribution in [2.75, 3.05) is 0 Å². The first-order chi connectivity index (χ1) is 19.2. The van der Waals surface area contributed by atoms with E-state index in [1.807, 2.05) is 61.5 Å². The second kappa shape index (κ2) is 12.9. The molecule has 1 fully saturated rings. The van der Waals surface area contributed by atoms with Gasteiger partial charge in [0.15, 0.2) is 5.78 Å². The van der Waals surface area contributed by atoms with Crippen molar-refractivity contribution in [1.29, 1.82) is 0 Å². The van der Waals surface area contributed by atoms with Crippen LogP contribution in [0.4, 0.5) is 0 Å². The molecular weight excluding hydrogens is 514 g/mol. The fraction of sp³-hybridized carbons (Fsp3) is 0.382. The van der Waals surface area contributed by atoms with Gasteiger partial charge in [-0.2, -0.15) is 0 Å². The Kier molecular flexibility index (Phi) is 9.54. The Morgan fingerprint density at radius 3 is 1.93 bits per heavy atom. The molecule has 0 aromatic heterocycles. The van der Waals surface area contributed by atoms with E-state index in [1.54, 1.807) is 17.0 Å². The van der Waals surface area contributed by atoms with E-state index in [4.69, 9.17) is 4.43 Å². The lowest BCUT2D eigenvalue weighted by atomic mass is 9.89. The number of benzene rings is 3. The second-order valence-corrected chi connectivity index (χ2v) is 16.0. The quantitative estimate of drug-likeness (QED) is 0.187. The van der Waals surface area contributed by atoms with Gasteiger partial charge in [0, 0.05) is 18.4 Å². The summed E-state index contributed by atoms with van der Waals surface area (Å²) in [5.74, 6) is -0.131. The van der Waals surface area contributed by atoms with Crippen LogP contribution in [0.25, 0.3) is 0 Å². The monoisotopic (exact) mass is 555 g/mol. The fourth-order valence-corrected chi connectivity index (χ4v) is 10.9. The lowest BCUT2D eigenvalue weighted by molar-refractivity contribution is -0.132. The van der Waals surface area contributed by atoms with Gasteiger partial charge in [-0.3, -0.25) is 9.59 Å². The summed E-state index contributed by atoms with van der Waals surface area (Å²) < 4.78 is 7.38. The van der Waals surface area contributed by atoms with E-state index in [0.29, 0.717) is 31.2 Å². The molecule has 0 unspecified atom stereocenters. The van der Waals surface area contributed by atoms with Gasteiger partial charge in [0.05, 0.1) is 18.2 Å². The minimum Gasteiger partial charge on any atom is -0.402 e. The normalized spacial score (nSPS) is 19.9. The number of aldehydes is 1. The van der Waals surface area contributed by atoms with Crippen LogP contribution in [-0.4, -0.2) is 49.4 Å². The molecule has 40 heavy (non-hydrogen) atoms. The molecule has 0 bridgehead atoms. The van der Waals surface area contributed by atoms with E-state index < -0.39 is 20.5 Å². The van der Waals surface area contributed by atoms with Crippen molar-refractivity contribution < 1.29 is 18.8 Å². The molecule has 0 saturated carbocycles. The Bertz CT molecular complexity index is 1230. The topological polar surface area (TPSA) is 63.7 Å². The van der Waals surface area contributed by atoms with Crippen LogP contribution in [0, 0.1) is 0 Å². The van der Waals surface area contributed by atoms with Gasteiger partial charge < -0.3 is 14.1 Å². The average Bonchev–Trinajstić information content (AvgIpc) is 2.96. The molecule has 0 spiro atoms. The van der Waals surface area contributed by atoms with Crippen molar-refractivity contribution in [2.45, 2.75) is 83.0 Å². The predicted molar refractivity (Wildman–Crippen MR) is 163 cm³/mol. The van der Waals surface area contributed by atoms with Gasteiger partial charge in [0.25, 0.3) is 14.2 Å². The first kappa shape index (κ1) is 29.6. The standard InChI is InChI=1S/C34H41NO4Si/c1-26-32(39-40(34(2,3)4,28-19-11-6-12-20-28)29-21-13-7-14-22-29)25-31(37)30(23-15-8-16-24-36)35(26)33(38)27-17-9-5-10-18-27/h5-7,9-14,17-22,24,26,30,32H,8,15-16,23,25H2,1-4H3/t26-,30+,32-/m0/s1. The first-order valence-corrected chi connectivity index (χ1v) is 16.2. The van der Waals surface area contributed by atoms with Crippen LogP contribution in [0.5, 0.6) is 0 Å². The average molecular weight is 556 g/mol. The summed E-state index contributed by atoms with van der Waals surface area (Å²) in [6.07, 6.45) is 3.12. The van der Waals surface area contributed by atoms with Crippen LogP contribution in [0.1, 0.15) is 70.2 Å². The predicted octanol–water partition coefficient (Wildman–Crippen LogP) is 5.56. The summed E-state index contributed by atoms with van der Waals surface area (Å²) in [7, 11) is -2.94. The number of Topliss-reactive ketones (excluding diaryl/α,β-unsaturated/α-hetero) is 1. The number of likely N-dealkylation sites (tertiary alicyclic amines) is 1. The third kappa shape index (κ3) is 6.03. The third-order valence-electron chi connectivity index (χ3n) is 8.14. The minimum atomic E-state index is -2.94. The molecule has 0 N–H and O–H groups in total. The highest BCUT2D eigenvalue weighted by Crippen LogP contribution is 2.40. The second-order valence-electron chi connectivity index (χ2n) is 11.8. The maximum Gasteiger partial charge on any atom is 0.261 e. The molecule has 4 rings (SSSR count). The van der Waals surface area contributed by atoms with E-state index in [0.717, 1.165) is 16.7 Å². The SMILES string of the molecule is C[C@H]1[C@@H](O[Si](c2ccccc2)(c2ccccc2)C(C)(C)C)CC(=O)[C@@H](CCCCC=O)N1C(=O)c1ccccc1. The van der Waals surface area contributed by atoms with E-state index in [-0.39, 0.29) is 29.2 Å². The van der Waals surface area contributed by atoms with Crippen LogP contribution in [0.3, 0.4) is 0 Å². The summed E-state index contributed by atoms with van der Waals surface area (Å²) >= 11 is 0. The highest BCUT2D eigenvalue weighted by molar-refractivity contribution is 6.99. The smallest absolute Gasteiger partial charge is 0.261 e. The Hall–Kier alpha value is -3.35. The number of hydrogen-bond acceptors (Lipinski definition) is 4. The first-order valence-electron chi connectivity index (χ1n) is 14.3. The van der Waals surface area contributed by atoms with Gasteiger partial charge in [-0.1, -0.05) is 106 Å². The van der Waals surface area contributed by atoms with E-state index in [9.17, 15) is 14.4 Å². The fourth-order valence-electron chi connectivity index (χ4n) is 6.10. The van der Waals surface area contributed by atoms with Gasteiger partial charge in [0.2, 0.25) is 0 Å². The summed E-state index contributed by atoms with van der Waals surface area (Å²) in [5.41, 5.74) is 0.561. The zero-order valence-electron chi connectivity index (χ0n) is 24.1. The zero-order valence-corrected chi connectivity index (χ0v) is 25.1. The van der Waals surface area contributed by atoms with Crippen molar-refractivity contribution in [3.05, 3.63) is 96.6 Å². The van der Waals surface area contributed by atoms with Gasteiger partial charge in [-0.25, -0.2) is 0 Å². The van der Waals surface area contributed by atoms with Gasteiger partial charge >= 0.3 is 0 Å². The largest absolute Gasteiger partial charge is 0.402 e. The summed E-state index contributed by atoms with van der Waals surface area (Å²) in [5, 5.41) is 2.04. The third-order valence-corrected chi connectivity index (χ3v) is 13.2. The van der Waals surface area contributed by atoms with E-state index >= 15 is 0 Å². The maximum absolute atomic E-state index is 14.0. The van der Waals surface area contributed by atoms with E-state index in [2.05, 4.69) is 45.0 Å². The molecule has 1 aliphatic rings. The van der Waals surface area contributed by atoms with Crippen molar-refractivity contribution in [1.82, 2.24) is 4.90 Å². The highest BCUT2D eigenvalue weighted by atomic mass is 28.4. The zero-order chi connectivity index (χ0) is 28.8. The van der Waals surface area contributed by atoms with Crippen molar-refractivity contribution in [3.63, 3.8) is 0 Å². The molecule has 210 valence electrons. The van der Waals surface area contributed by atoms with Gasteiger partial charge in [0.1, 0.15) is 6.29 Å². The van der Waals surface area contributed by atoms with Crippen LogP contribution < -0.4 is 10.4 Å².